The smallest absolute Gasteiger partial charge is 0.306 e. The molecule has 0 amide bonds. The van der Waals surface area contributed by atoms with Gasteiger partial charge in [-0.1, -0.05) is 166 Å². The fraction of sp³-hybridized carbons (Fsp3) is 0.761. The van der Waals surface area contributed by atoms with Crippen molar-refractivity contribution in [1.29, 1.82) is 0 Å². The largest absolute Gasteiger partial charge is 0.462 e. The highest BCUT2D eigenvalue weighted by atomic mass is 16.6. The minimum absolute atomic E-state index is 0.0817. The predicted octanol–water partition coefficient (Wildman–Crippen LogP) is 13.6. The van der Waals surface area contributed by atoms with Crippen LogP contribution in [0.25, 0.3) is 0 Å². The van der Waals surface area contributed by atoms with Crippen LogP contribution in [0.1, 0.15) is 207 Å². The molecule has 0 fully saturated rings. The number of hydrogen-bond acceptors (Lipinski definition) is 6. The molecule has 1 unspecified atom stereocenters. The lowest BCUT2D eigenvalue weighted by Crippen LogP contribution is -2.30. The Labute approximate surface area is 320 Å². The van der Waals surface area contributed by atoms with Gasteiger partial charge in [0, 0.05) is 19.3 Å². The second kappa shape index (κ2) is 41.1. The summed E-state index contributed by atoms with van der Waals surface area (Å²) in [6.45, 7) is 6.42. The van der Waals surface area contributed by atoms with E-state index in [2.05, 4.69) is 69.4 Å². The molecule has 0 aliphatic heterocycles. The molecule has 0 saturated carbocycles. The van der Waals surface area contributed by atoms with E-state index in [9.17, 15) is 14.4 Å². The Morgan fingerprint density at radius 1 is 0.404 bits per heavy atom. The molecule has 0 aromatic heterocycles. The first-order chi connectivity index (χ1) is 25.5. The van der Waals surface area contributed by atoms with E-state index >= 15 is 0 Å². The van der Waals surface area contributed by atoms with Gasteiger partial charge in [0.25, 0.3) is 0 Å². The van der Waals surface area contributed by atoms with Gasteiger partial charge < -0.3 is 14.2 Å². The summed E-state index contributed by atoms with van der Waals surface area (Å²) in [5.74, 6) is -0.917. The molecule has 300 valence electrons. The Kier molecular flexibility index (Phi) is 39.1. The third-order valence-electron chi connectivity index (χ3n) is 9.07. The maximum absolute atomic E-state index is 12.6. The van der Waals surface area contributed by atoms with Crippen molar-refractivity contribution in [2.45, 2.75) is 213 Å². The lowest BCUT2D eigenvalue weighted by molar-refractivity contribution is -0.167. The van der Waals surface area contributed by atoms with Gasteiger partial charge in [-0.15, -0.1) is 0 Å². The van der Waals surface area contributed by atoms with Gasteiger partial charge in [0.1, 0.15) is 13.2 Å². The first-order valence-corrected chi connectivity index (χ1v) is 21.6. The Hall–Kier alpha value is -2.63. The summed E-state index contributed by atoms with van der Waals surface area (Å²) in [6, 6.07) is 0. The molecule has 0 rings (SSSR count). The van der Waals surface area contributed by atoms with Crippen molar-refractivity contribution in [3.8, 4) is 0 Å². The molecule has 0 aromatic rings. The molecule has 0 aromatic carbocycles. The summed E-state index contributed by atoms with van der Waals surface area (Å²) < 4.78 is 16.6. The minimum Gasteiger partial charge on any atom is -0.462 e. The van der Waals surface area contributed by atoms with E-state index in [0.717, 1.165) is 109 Å². The van der Waals surface area contributed by atoms with E-state index < -0.39 is 6.10 Å². The van der Waals surface area contributed by atoms with E-state index in [1.165, 1.54) is 57.8 Å². The minimum atomic E-state index is -0.778. The van der Waals surface area contributed by atoms with Gasteiger partial charge in [-0.25, -0.2) is 0 Å². The molecule has 0 N–H and O–H groups in total. The molecule has 0 spiro atoms. The highest BCUT2D eigenvalue weighted by molar-refractivity contribution is 5.71. The van der Waals surface area contributed by atoms with Gasteiger partial charge in [0.2, 0.25) is 0 Å². The van der Waals surface area contributed by atoms with Crippen LogP contribution in [0, 0.1) is 0 Å². The maximum Gasteiger partial charge on any atom is 0.306 e. The lowest BCUT2D eigenvalue weighted by Gasteiger charge is -2.18. The zero-order valence-electron chi connectivity index (χ0n) is 34.1. The quantitative estimate of drug-likeness (QED) is 0.0272. The Bertz CT molecular complexity index is 933. The van der Waals surface area contributed by atoms with Crippen molar-refractivity contribution < 1.29 is 28.6 Å². The Morgan fingerprint density at radius 2 is 0.769 bits per heavy atom. The molecular formula is C46H80O6. The molecule has 0 bridgehead atoms. The molecule has 6 heteroatoms. The number of carbonyl (C=O) groups is 3. The molecule has 0 heterocycles. The molecule has 52 heavy (non-hydrogen) atoms. The normalized spacial score (nSPS) is 12.4. The number of carbonyl (C=O) groups excluding carboxylic acids is 3. The summed E-state index contributed by atoms with van der Waals surface area (Å²) >= 11 is 0. The number of esters is 3. The summed E-state index contributed by atoms with van der Waals surface area (Å²) in [6.07, 6.45) is 46.7. The van der Waals surface area contributed by atoms with Gasteiger partial charge in [-0.3, -0.25) is 14.4 Å². The van der Waals surface area contributed by atoms with E-state index in [4.69, 9.17) is 14.2 Å². The summed E-state index contributed by atoms with van der Waals surface area (Å²) in [4.78, 5) is 37.5. The fourth-order valence-electron chi connectivity index (χ4n) is 5.79. The monoisotopic (exact) mass is 729 g/mol. The molecule has 6 nitrogen and oxygen atoms in total. The van der Waals surface area contributed by atoms with Crippen molar-refractivity contribution >= 4 is 17.9 Å². The van der Waals surface area contributed by atoms with Crippen LogP contribution in [0.5, 0.6) is 0 Å². The molecule has 0 aliphatic rings. The second-order valence-electron chi connectivity index (χ2n) is 14.2. The van der Waals surface area contributed by atoms with Gasteiger partial charge >= 0.3 is 17.9 Å². The Balaban J connectivity index is 4.37. The van der Waals surface area contributed by atoms with Crippen molar-refractivity contribution in [3.63, 3.8) is 0 Å². The first-order valence-electron chi connectivity index (χ1n) is 21.6. The average Bonchev–Trinajstić information content (AvgIpc) is 3.14. The molecule has 0 radical (unpaired) electrons. The van der Waals surface area contributed by atoms with Gasteiger partial charge in [0.15, 0.2) is 6.10 Å². The van der Waals surface area contributed by atoms with E-state index in [1.807, 2.05) is 0 Å². The van der Waals surface area contributed by atoms with Gasteiger partial charge in [-0.05, 0) is 70.6 Å². The third kappa shape index (κ3) is 38.6. The number of allylic oxidation sites excluding steroid dienone is 8. The lowest BCUT2D eigenvalue weighted by atomic mass is 10.1. The predicted molar refractivity (Wildman–Crippen MR) is 219 cm³/mol. The zero-order chi connectivity index (χ0) is 38.0. The molecule has 1 atom stereocenters. The average molecular weight is 729 g/mol. The summed E-state index contributed by atoms with van der Waals surface area (Å²) in [7, 11) is 0. The van der Waals surface area contributed by atoms with Crippen molar-refractivity contribution in [1.82, 2.24) is 0 Å². The van der Waals surface area contributed by atoms with Crippen molar-refractivity contribution in [3.05, 3.63) is 48.6 Å². The van der Waals surface area contributed by atoms with Crippen LogP contribution >= 0.6 is 0 Å². The van der Waals surface area contributed by atoms with E-state index in [0.29, 0.717) is 19.3 Å². The summed E-state index contributed by atoms with van der Waals surface area (Å²) in [5.41, 5.74) is 0. The van der Waals surface area contributed by atoms with Crippen LogP contribution in [-0.4, -0.2) is 37.2 Å². The van der Waals surface area contributed by atoms with E-state index in [-0.39, 0.29) is 31.1 Å². The topological polar surface area (TPSA) is 78.9 Å². The maximum atomic E-state index is 12.6. The number of ether oxygens (including phenoxy) is 3. The van der Waals surface area contributed by atoms with Crippen LogP contribution in [0.4, 0.5) is 0 Å². The van der Waals surface area contributed by atoms with Gasteiger partial charge in [0.05, 0.1) is 0 Å². The first kappa shape index (κ1) is 49.4. The van der Waals surface area contributed by atoms with Crippen LogP contribution in [0.3, 0.4) is 0 Å². The molecular weight excluding hydrogens is 648 g/mol. The molecule has 0 saturated heterocycles. The summed E-state index contributed by atoms with van der Waals surface area (Å²) in [5, 5.41) is 0. The highest BCUT2D eigenvalue weighted by Gasteiger charge is 2.19. The second-order valence-corrected chi connectivity index (χ2v) is 14.2. The van der Waals surface area contributed by atoms with Crippen LogP contribution in [-0.2, 0) is 28.6 Å². The van der Waals surface area contributed by atoms with E-state index in [1.54, 1.807) is 0 Å². The van der Waals surface area contributed by atoms with Crippen molar-refractivity contribution in [2.24, 2.45) is 0 Å². The number of unbranched alkanes of at least 4 members (excludes halogenated alkanes) is 19. The highest BCUT2D eigenvalue weighted by Crippen LogP contribution is 2.13. The van der Waals surface area contributed by atoms with Crippen molar-refractivity contribution in [2.75, 3.05) is 13.2 Å². The Morgan fingerprint density at radius 3 is 1.25 bits per heavy atom. The van der Waals surface area contributed by atoms with Gasteiger partial charge in [-0.2, -0.15) is 0 Å². The number of hydrogen-bond donors (Lipinski definition) is 0. The standard InChI is InChI=1S/C46H80O6/c1-4-7-10-13-16-19-21-22-23-24-26-27-30-33-36-39-45(48)51-42-43(41-50-44(47)38-35-32-29-18-15-12-9-6-3)52-46(49)40-37-34-31-28-25-20-17-14-11-8-5-2/h7,10,14,16-17,19,22-23,43H,4-6,8-9,11-13,15,18,20-21,24-42H2,1-3H3/b10-7-,17-14-,19-16-,23-22-. The third-order valence-corrected chi connectivity index (χ3v) is 9.07. The molecule has 0 aliphatic carbocycles. The zero-order valence-corrected chi connectivity index (χ0v) is 34.1. The fourth-order valence-corrected chi connectivity index (χ4v) is 5.79. The van der Waals surface area contributed by atoms with Crippen LogP contribution in [0.2, 0.25) is 0 Å². The van der Waals surface area contributed by atoms with Crippen LogP contribution in [0.15, 0.2) is 48.6 Å². The number of rotatable bonds is 38. The van der Waals surface area contributed by atoms with Crippen LogP contribution < -0.4 is 0 Å². The SMILES string of the molecule is CC/C=C\C/C=C\C/C=C\CCCCCCCC(=O)OCC(COC(=O)CCCCCCCCCC)OC(=O)CCCCCCC/C=C\CCCC.